The number of sulfonamides is 1. The van der Waals surface area contributed by atoms with Crippen molar-refractivity contribution in [3.8, 4) is 0 Å². The van der Waals surface area contributed by atoms with Crippen LogP contribution in [-0.4, -0.2) is 13.4 Å². The van der Waals surface area contributed by atoms with Gasteiger partial charge >= 0.3 is 0 Å². The van der Waals surface area contributed by atoms with Gasteiger partial charge in [0.05, 0.1) is 17.3 Å². The molecule has 2 aromatic rings. The Kier molecular flexibility index (Phi) is 4.10. The van der Waals surface area contributed by atoms with Crippen LogP contribution in [0.5, 0.6) is 0 Å². The predicted molar refractivity (Wildman–Crippen MR) is 76.7 cm³/mol. The lowest BCUT2D eigenvalue weighted by atomic mass is 10.3. The summed E-state index contributed by atoms with van der Waals surface area (Å²) in [4.78, 5) is 4.09. The van der Waals surface area contributed by atoms with Crippen molar-refractivity contribution < 1.29 is 8.42 Å². The van der Waals surface area contributed by atoms with Crippen molar-refractivity contribution in [1.29, 1.82) is 0 Å². The molecule has 0 spiro atoms. The molecule has 19 heavy (non-hydrogen) atoms. The number of aromatic nitrogens is 1. The molecular formula is C11H12ClN3O2S2. The molecule has 0 saturated carbocycles. The zero-order valence-corrected chi connectivity index (χ0v) is 12.4. The number of hydrogen-bond acceptors (Lipinski definition) is 5. The average Bonchev–Trinajstić information content (AvgIpc) is 2.72. The van der Waals surface area contributed by atoms with E-state index in [4.69, 9.17) is 17.3 Å². The number of nitrogens with one attached hydrogen (secondary N) is 1. The first-order valence-corrected chi connectivity index (χ1v) is 8.09. The van der Waals surface area contributed by atoms with Crippen LogP contribution in [0.1, 0.15) is 10.7 Å². The summed E-state index contributed by atoms with van der Waals surface area (Å²) in [7, 11) is -3.75. The number of hydrogen-bond donors (Lipinski definition) is 2. The maximum absolute atomic E-state index is 12.2. The first-order chi connectivity index (χ1) is 8.90. The molecule has 0 bridgehead atoms. The number of anilines is 1. The lowest BCUT2D eigenvalue weighted by Gasteiger charge is -2.09. The van der Waals surface area contributed by atoms with E-state index >= 15 is 0 Å². The molecule has 0 radical (unpaired) electrons. The van der Waals surface area contributed by atoms with Crippen LogP contribution in [0.25, 0.3) is 0 Å². The van der Waals surface area contributed by atoms with Crippen molar-refractivity contribution in [2.45, 2.75) is 18.4 Å². The third-order valence-corrected chi connectivity index (χ3v) is 5.26. The van der Waals surface area contributed by atoms with Crippen LogP contribution in [0, 0.1) is 6.92 Å². The molecule has 5 nitrogen and oxygen atoms in total. The number of thiazole rings is 1. The number of benzene rings is 1. The Balaban J connectivity index is 2.23. The monoisotopic (exact) mass is 317 g/mol. The zero-order valence-electron chi connectivity index (χ0n) is 10.1. The van der Waals surface area contributed by atoms with Crippen molar-refractivity contribution in [1.82, 2.24) is 9.71 Å². The van der Waals surface area contributed by atoms with E-state index in [1.165, 1.54) is 23.5 Å². The molecule has 0 atom stereocenters. The highest BCUT2D eigenvalue weighted by atomic mass is 35.5. The molecule has 1 aromatic carbocycles. The predicted octanol–water partition coefficient (Wildman–Crippen LogP) is 2.17. The van der Waals surface area contributed by atoms with Crippen molar-refractivity contribution in [3.05, 3.63) is 39.3 Å². The van der Waals surface area contributed by atoms with Crippen molar-refractivity contribution >= 4 is 38.6 Å². The second-order valence-corrected chi connectivity index (χ2v) is 6.92. The van der Waals surface area contributed by atoms with Gasteiger partial charge in [-0.15, -0.1) is 11.3 Å². The first kappa shape index (κ1) is 14.3. The van der Waals surface area contributed by atoms with Gasteiger partial charge in [-0.05, 0) is 19.1 Å². The Morgan fingerprint density at radius 3 is 2.79 bits per heavy atom. The Hall–Kier alpha value is -1.15. The molecule has 2 rings (SSSR count). The molecule has 0 aliphatic rings. The molecule has 0 amide bonds. The quantitative estimate of drug-likeness (QED) is 0.846. The Morgan fingerprint density at radius 1 is 1.47 bits per heavy atom. The topological polar surface area (TPSA) is 85.1 Å². The molecule has 0 aliphatic carbocycles. The van der Waals surface area contributed by atoms with Crippen LogP contribution >= 0.6 is 22.9 Å². The van der Waals surface area contributed by atoms with Crippen molar-refractivity contribution in [2.75, 3.05) is 5.73 Å². The van der Waals surface area contributed by atoms with E-state index in [2.05, 4.69) is 9.71 Å². The molecule has 0 fully saturated rings. The molecule has 0 saturated heterocycles. The van der Waals surface area contributed by atoms with Gasteiger partial charge in [-0.2, -0.15) is 0 Å². The summed E-state index contributed by atoms with van der Waals surface area (Å²) < 4.78 is 26.8. The molecule has 3 N–H and O–H groups in total. The first-order valence-electron chi connectivity index (χ1n) is 5.35. The normalized spacial score (nSPS) is 11.7. The van der Waals surface area contributed by atoms with Gasteiger partial charge in [0.2, 0.25) is 10.0 Å². The maximum atomic E-state index is 12.2. The zero-order chi connectivity index (χ0) is 14.0. The Labute approximate surface area is 120 Å². The fourth-order valence-electron chi connectivity index (χ4n) is 1.52. The minimum absolute atomic E-state index is 0.0926. The minimum atomic E-state index is -3.75. The van der Waals surface area contributed by atoms with E-state index in [0.29, 0.717) is 5.01 Å². The summed E-state index contributed by atoms with van der Waals surface area (Å²) in [6.45, 7) is 1.96. The Bertz CT molecular complexity index is 677. The number of rotatable bonds is 4. The molecule has 0 aliphatic heterocycles. The van der Waals surface area contributed by atoms with Crippen LogP contribution in [0.4, 0.5) is 5.69 Å². The number of halogens is 1. The average molecular weight is 318 g/mol. The highest BCUT2D eigenvalue weighted by Crippen LogP contribution is 2.27. The fourth-order valence-corrected chi connectivity index (χ4v) is 3.99. The SMILES string of the molecule is Cc1csc(CNS(=O)(=O)c2c(N)cccc2Cl)n1. The molecule has 1 heterocycles. The van der Waals surface area contributed by atoms with Gasteiger partial charge in [-0.3, -0.25) is 0 Å². The summed E-state index contributed by atoms with van der Waals surface area (Å²) in [6.07, 6.45) is 0. The molecule has 0 unspecified atom stereocenters. The smallest absolute Gasteiger partial charge is 0.244 e. The largest absolute Gasteiger partial charge is 0.398 e. The number of nitrogens with two attached hydrogens (primary N) is 1. The van der Waals surface area contributed by atoms with Gasteiger partial charge in [0.15, 0.2) is 0 Å². The lowest BCUT2D eigenvalue weighted by molar-refractivity contribution is 0.581. The van der Waals surface area contributed by atoms with E-state index in [0.717, 1.165) is 5.69 Å². The summed E-state index contributed by atoms with van der Waals surface area (Å²) in [5, 5.41) is 2.64. The van der Waals surface area contributed by atoms with Crippen LogP contribution < -0.4 is 10.5 Å². The van der Waals surface area contributed by atoms with E-state index in [9.17, 15) is 8.42 Å². The van der Waals surface area contributed by atoms with Gasteiger partial charge in [0, 0.05) is 11.1 Å². The van der Waals surface area contributed by atoms with Gasteiger partial charge in [0.1, 0.15) is 9.90 Å². The summed E-state index contributed by atoms with van der Waals surface area (Å²) in [5.74, 6) is 0. The summed E-state index contributed by atoms with van der Waals surface area (Å²) in [6, 6.07) is 4.58. The van der Waals surface area contributed by atoms with E-state index < -0.39 is 10.0 Å². The van der Waals surface area contributed by atoms with Gasteiger partial charge in [0.25, 0.3) is 0 Å². The van der Waals surface area contributed by atoms with Crippen LogP contribution in [0.2, 0.25) is 5.02 Å². The molecular weight excluding hydrogens is 306 g/mol. The van der Waals surface area contributed by atoms with E-state index in [1.54, 1.807) is 6.07 Å². The molecule has 102 valence electrons. The van der Waals surface area contributed by atoms with Crippen LogP contribution in [0.3, 0.4) is 0 Å². The van der Waals surface area contributed by atoms with E-state index in [-0.39, 0.29) is 22.2 Å². The fraction of sp³-hybridized carbons (Fsp3) is 0.182. The standard InChI is InChI=1S/C11H12ClN3O2S2/c1-7-6-18-10(15-7)5-14-19(16,17)11-8(12)3-2-4-9(11)13/h2-4,6,14H,5,13H2,1H3. The second kappa shape index (κ2) is 5.46. The number of aryl methyl sites for hydroxylation is 1. The summed E-state index contributed by atoms with van der Waals surface area (Å²) in [5.41, 5.74) is 6.64. The Morgan fingerprint density at radius 2 is 2.21 bits per heavy atom. The van der Waals surface area contributed by atoms with Gasteiger partial charge in [-0.25, -0.2) is 18.1 Å². The number of nitrogens with zero attached hydrogens (tertiary/aromatic N) is 1. The third kappa shape index (κ3) is 3.24. The van der Waals surface area contributed by atoms with Gasteiger partial charge < -0.3 is 5.73 Å². The minimum Gasteiger partial charge on any atom is -0.398 e. The number of nitrogen functional groups attached to an aromatic ring is 1. The van der Waals surface area contributed by atoms with Crippen molar-refractivity contribution in [2.24, 2.45) is 0 Å². The van der Waals surface area contributed by atoms with Crippen LogP contribution in [0.15, 0.2) is 28.5 Å². The lowest BCUT2D eigenvalue weighted by Crippen LogP contribution is -2.24. The van der Waals surface area contributed by atoms with Crippen molar-refractivity contribution in [3.63, 3.8) is 0 Å². The maximum Gasteiger partial charge on any atom is 0.244 e. The second-order valence-electron chi connectivity index (χ2n) is 3.87. The van der Waals surface area contributed by atoms with E-state index in [1.807, 2.05) is 12.3 Å². The third-order valence-electron chi connectivity index (χ3n) is 2.35. The highest BCUT2D eigenvalue weighted by molar-refractivity contribution is 7.89. The van der Waals surface area contributed by atoms with Gasteiger partial charge in [-0.1, -0.05) is 17.7 Å². The molecule has 8 heteroatoms. The van der Waals surface area contributed by atoms with Crippen LogP contribution in [-0.2, 0) is 16.6 Å². The summed E-state index contributed by atoms with van der Waals surface area (Å²) >= 11 is 7.28. The molecule has 1 aromatic heterocycles. The highest BCUT2D eigenvalue weighted by Gasteiger charge is 2.21.